The first-order valence-electron chi connectivity index (χ1n) is 4.43. The molecule has 1 N–H and O–H groups in total. The van der Waals surface area contributed by atoms with Crippen LogP contribution >= 0.6 is 15.9 Å². The largest absolute Gasteiger partial charge is 0.481 e. The minimum atomic E-state index is -0.828. The summed E-state index contributed by atoms with van der Waals surface area (Å²) in [6.45, 7) is 1.88. The third kappa shape index (κ3) is 1.87. The number of carboxylic acid groups (broad SMARTS) is 1. The maximum atomic E-state index is 10.6. The van der Waals surface area contributed by atoms with Crippen molar-refractivity contribution in [1.29, 1.82) is 0 Å². The summed E-state index contributed by atoms with van der Waals surface area (Å²) in [6, 6.07) is 3.66. The van der Waals surface area contributed by atoms with E-state index in [9.17, 15) is 4.79 Å². The summed E-state index contributed by atoms with van der Waals surface area (Å²) >= 11 is 3.34. The molecule has 0 fully saturated rings. The highest BCUT2D eigenvalue weighted by Gasteiger charge is 2.07. The van der Waals surface area contributed by atoms with E-state index in [0.29, 0.717) is 0 Å². The van der Waals surface area contributed by atoms with Crippen molar-refractivity contribution in [3.8, 4) is 0 Å². The van der Waals surface area contributed by atoms with Crippen LogP contribution in [-0.2, 0) is 11.2 Å². The second-order valence-corrected chi connectivity index (χ2v) is 4.06. The van der Waals surface area contributed by atoms with Crippen LogP contribution in [0.4, 0.5) is 0 Å². The molecular weight excluding hydrogens is 260 g/mol. The highest BCUT2D eigenvalue weighted by molar-refractivity contribution is 9.10. The smallest absolute Gasteiger partial charge is 0.307 e. The maximum absolute atomic E-state index is 10.6. The molecule has 2 aromatic rings. The third-order valence-corrected chi connectivity index (χ3v) is 2.77. The van der Waals surface area contributed by atoms with E-state index in [2.05, 4.69) is 20.9 Å². The number of nitrogens with zero attached hydrogens (tertiary/aromatic N) is 2. The molecule has 15 heavy (non-hydrogen) atoms. The average Bonchev–Trinajstić information content (AvgIpc) is 2.41. The zero-order chi connectivity index (χ0) is 11.0. The van der Waals surface area contributed by atoms with E-state index >= 15 is 0 Å². The van der Waals surface area contributed by atoms with E-state index in [0.717, 1.165) is 21.5 Å². The molecule has 0 radical (unpaired) electrons. The van der Waals surface area contributed by atoms with Crippen molar-refractivity contribution in [3.05, 3.63) is 34.3 Å². The van der Waals surface area contributed by atoms with Gasteiger partial charge in [0.25, 0.3) is 0 Å². The van der Waals surface area contributed by atoms with E-state index < -0.39 is 5.97 Å². The van der Waals surface area contributed by atoms with Crippen LogP contribution in [0.5, 0.6) is 0 Å². The lowest BCUT2D eigenvalue weighted by Gasteiger charge is -2.00. The highest BCUT2D eigenvalue weighted by atomic mass is 79.9. The Hall–Kier alpha value is -1.36. The number of halogens is 1. The summed E-state index contributed by atoms with van der Waals surface area (Å²) in [7, 11) is 0. The second kappa shape index (κ2) is 3.66. The molecule has 0 unspecified atom stereocenters. The summed E-state index contributed by atoms with van der Waals surface area (Å²) in [5.74, 6) is 0.00954. The van der Waals surface area contributed by atoms with Crippen LogP contribution in [0.1, 0.15) is 11.4 Å². The predicted molar refractivity (Wildman–Crippen MR) is 59.0 cm³/mol. The van der Waals surface area contributed by atoms with Crippen molar-refractivity contribution in [2.75, 3.05) is 0 Å². The van der Waals surface area contributed by atoms with Gasteiger partial charge in [-0.05, 0) is 34.5 Å². The van der Waals surface area contributed by atoms with Crippen LogP contribution < -0.4 is 0 Å². The minimum Gasteiger partial charge on any atom is -0.481 e. The van der Waals surface area contributed by atoms with Crippen molar-refractivity contribution in [3.63, 3.8) is 0 Å². The van der Waals surface area contributed by atoms with Crippen molar-refractivity contribution in [2.24, 2.45) is 0 Å². The van der Waals surface area contributed by atoms with Crippen molar-refractivity contribution < 1.29 is 9.90 Å². The number of aromatic nitrogens is 2. The van der Waals surface area contributed by atoms with Gasteiger partial charge in [0.1, 0.15) is 10.4 Å². The minimum absolute atomic E-state index is 0.0329. The third-order valence-electron chi connectivity index (χ3n) is 2.19. The number of hydrogen-bond donors (Lipinski definition) is 1. The van der Waals surface area contributed by atoms with E-state index in [-0.39, 0.29) is 6.42 Å². The topological polar surface area (TPSA) is 54.6 Å². The van der Waals surface area contributed by atoms with Gasteiger partial charge in [-0.1, -0.05) is 6.07 Å². The molecule has 0 spiro atoms. The summed E-state index contributed by atoms with van der Waals surface area (Å²) in [5.41, 5.74) is 1.71. The fourth-order valence-corrected chi connectivity index (χ4v) is 2.09. The Balaban J connectivity index is 2.55. The van der Waals surface area contributed by atoms with Gasteiger partial charge in [0.2, 0.25) is 0 Å². The molecule has 0 atom stereocenters. The number of imidazole rings is 1. The Morgan fingerprint density at radius 2 is 2.33 bits per heavy atom. The van der Waals surface area contributed by atoms with Gasteiger partial charge in [-0.3, -0.25) is 4.79 Å². The molecule has 78 valence electrons. The highest BCUT2D eigenvalue weighted by Crippen LogP contribution is 2.19. The summed E-state index contributed by atoms with van der Waals surface area (Å²) < 4.78 is 2.66. The molecule has 0 aliphatic heterocycles. The quantitative estimate of drug-likeness (QED) is 0.907. The summed E-state index contributed by atoms with van der Waals surface area (Å²) in [6.07, 6.45) is 1.84. The van der Waals surface area contributed by atoms with Gasteiger partial charge in [0.15, 0.2) is 0 Å². The average molecular weight is 269 g/mol. The number of rotatable bonds is 2. The SMILES string of the molecule is Cc1nc(Br)c2ccc(CC(=O)O)cn12. The number of aliphatic carboxylic acids is 1. The van der Waals surface area contributed by atoms with Crippen LogP contribution in [0.2, 0.25) is 0 Å². The van der Waals surface area contributed by atoms with Crippen LogP contribution in [0, 0.1) is 6.92 Å². The van der Waals surface area contributed by atoms with Gasteiger partial charge >= 0.3 is 5.97 Å². The molecule has 2 rings (SSSR count). The lowest BCUT2D eigenvalue weighted by molar-refractivity contribution is -0.136. The number of carboxylic acids is 1. The van der Waals surface area contributed by atoms with Crippen molar-refractivity contribution in [1.82, 2.24) is 9.38 Å². The van der Waals surface area contributed by atoms with Crippen LogP contribution in [0.25, 0.3) is 5.52 Å². The first kappa shape index (κ1) is 10.2. The molecule has 0 aromatic carbocycles. The number of hydrogen-bond acceptors (Lipinski definition) is 2. The summed E-state index contributed by atoms with van der Waals surface area (Å²) in [5, 5.41) is 8.68. The van der Waals surface area contributed by atoms with E-state index in [1.807, 2.05) is 17.4 Å². The normalized spacial score (nSPS) is 10.8. The van der Waals surface area contributed by atoms with Crippen molar-refractivity contribution in [2.45, 2.75) is 13.3 Å². The zero-order valence-electron chi connectivity index (χ0n) is 8.07. The van der Waals surface area contributed by atoms with Crippen molar-refractivity contribution >= 4 is 27.4 Å². The molecular formula is C10H9BrN2O2. The van der Waals surface area contributed by atoms with E-state index in [4.69, 9.17) is 5.11 Å². The Bertz CT molecular complexity index is 533. The standard InChI is InChI=1S/C10H9BrN2O2/c1-6-12-10(11)8-3-2-7(4-9(14)15)5-13(6)8/h2-3,5H,4H2,1H3,(H,14,15). The number of pyridine rings is 1. The molecule has 0 aliphatic rings. The van der Waals surface area contributed by atoms with Gasteiger partial charge in [0, 0.05) is 6.20 Å². The Labute approximate surface area is 94.7 Å². The Morgan fingerprint density at radius 1 is 1.60 bits per heavy atom. The molecule has 0 bridgehead atoms. The van der Waals surface area contributed by atoms with Gasteiger partial charge in [0.05, 0.1) is 11.9 Å². The first-order valence-corrected chi connectivity index (χ1v) is 5.22. The van der Waals surface area contributed by atoms with Gasteiger partial charge < -0.3 is 9.51 Å². The molecule has 0 aliphatic carbocycles. The second-order valence-electron chi connectivity index (χ2n) is 3.31. The Morgan fingerprint density at radius 3 is 3.00 bits per heavy atom. The predicted octanol–water partition coefficient (Wildman–Crippen LogP) is 2.03. The molecule has 2 heterocycles. The number of aryl methyl sites for hydroxylation is 1. The monoisotopic (exact) mass is 268 g/mol. The molecule has 2 aromatic heterocycles. The lowest BCUT2D eigenvalue weighted by Crippen LogP contribution is -2.01. The van der Waals surface area contributed by atoms with Gasteiger partial charge in [-0.25, -0.2) is 4.98 Å². The van der Waals surface area contributed by atoms with E-state index in [1.54, 1.807) is 12.3 Å². The number of fused-ring (bicyclic) bond motifs is 1. The number of carbonyl (C=O) groups is 1. The Kier molecular flexibility index (Phi) is 2.48. The lowest BCUT2D eigenvalue weighted by atomic mass is 10.2. The van der Waals surface area contributed by atoms with Gasteiger partial charge in [-0.2, -0.15) is 0 Å². The zero-order valence-corrected chi connectivity index (χ0v) is 9.65. The first-order chi connectivity index (χ1) is 7.08. The molecule has 0 amide bonds. The van der Waals surface area contributed by atoms with Crippen LogP contribution in [-0.4, -0.2) is 20.5 Å². The fourth-order valence-electron chi connectivity index (χ4n) is 1.51. The molecule has 0 saturated heterocycles. The fraction of sp³-hybridized carbons (Fsp3) is 0.200. The summed E-state index contributed by atoms with van der Waals surface area (Å²) in [4.78, 5) is 14.8. The molecule has 5 heteroatoms. The van der Waals surface area contributed by atoms with E-state index in [1.165, 1.54) is 0 Å². The maximum Gasteiger partial charge on any atom is 0.307 e. The van der Waals surface area contributed by atoms with Crippen LogP contribution in [0.15, 0.2) is 22.9 Å². The molecule has 4 nitrogen and oxygen atoms in total. The molecule has 0 saturated carbocycles. The van der Waals surface area contributed by atoms with Crippen LogP contribution in [0.3, 0.4) is 0 Å². The van der Waals surface area contributed by atoms with Gasteiger partial charge in [-0.15, -0.1) is 0 Å².